The lowest BCUT2D eigenvalue weighted by atomic mass is 10.0. The highest BCUT2D eigenvalue weighted by atomic mass is 19.3. The molecule has 1 saturated carbocycles. The monoisotopic (exact) mass is 164 g/mol. The number of alkyl halides is 2. The Balaban J connectivity index is 2.64. The Morgan fingerprint density at radius 3 is 2.45 bits per heavy atom. The van der Waals surface area contributed by atoms with E-state index >= 15 is 0 Å². The van der Waals surface area contributed by atoms with Crippen LogP contribution in [0.25, 0.3) is 0 Å². The fraction of sp³-hybridized carbons (Fsp3) is 0.857. The fourth-order valence-corrected chi connectivity index (χ4v) is 1.47. The molecule has 0 aromatic rings. The van der Waals surface area contributed by atoms with Gasteiger partial charge in [-0.3, -0.25) is 4.79 Å². The largest absolute Gasteiger partial charge is 0.481 e. The summed E-state index contributed by atoms with van der Waals surface area (Å²) < 4.78 is 24.0. The molecule has 2 nitrogen and oxygen atoms in total. The van der Waals surface area contributed by atoms with Gasteiger partial charge in [0.25, 0.3) is 0 Å². The number of aliphatic carboxylic acids is 1. The summed E-state index contributed by atoms with van der Waals surface area (Å²) in [5.41, 5.74) is -1.10. The molecule has 0 aromatic heterocycles. The molecule has 0 heterocycles. The van der Waals surface area contributed by atoms with Gasteiger partial charge in [-0.25, -0.2) is 8.78 Å². The van der Waals surface area contributed by atoms with Crippen LogP contribution in [0, 0.1) is 11.3 Å². The second-order valence-corrected chi connectivity index (χ2v) is 2.96. The van der Waals surface area contributed by atoms with E-state index in [0.29, 0.717) is 6.42 Å². The number of carbonyl (C=O) groups is 1. The maximum atomic E-state index is 12.0. The van der Waals surface area contributed by atoms with Crippen molar-refractivity contribution in [3.8, 4) is 0 Å². The van der Waals surface area contributed by atoms with Gasteiger partial charge in [0.2, 0.25) is 6.43 Å². The first-order valence-corrected chi connectivity index (χ1v) is 3.56. The molecule has 11 heavy (non-hydrogen) atoms. The highest BCUT2D eigenvalue weighted by molar-refractivity contribution is 5.78. The Kier molecular flexibility index (Phi) is 1.86. The van der Waals surface area contributed by atoms with Gasteiger partial charge in [0.15, 0.2) is 0 Å². The second-order valence-electron chi connectivity index (χ2n) is 2.96. The molecule has 1 fully saturated rings. The summed E-state index contributed by atoms with van der Waals surface area (Å²) in [7, 11) is 0. The van der Waals surface area contributed by atoms with Gasteiger partial charge >= 0.3 is 5.97 Å². The zero-order valence-electron chi connectivity index (χ0n) is 6.18. The van der Waals surface area contributed by atoms with E-state index in [4.69, 9.17) is 5.11 Å². The lowest BCUT2D eigenvalue weighted by molar-refractivity contribution is -0.145. The third-order valence-electron chi connectivity index (χ3n) is 2.49. The molecule has 4 heteroatoms. The van der Waals surface area contributed by atoms with Gasteiger partial charge in [-0.15, -0.1) is 0 Å². The first-order valence-electron chi connectivity index (χ1n) is 3.56. The van der Waals surface area contributed by atoms with Crippen LogP contribution in [-0.2, 0) is 4.79 Å². The van der Waals surface area contributed by atoms with Crippen LogP contribution in [-0.4, -0.2) is 17.5 Å². The van der Waals surface area contributed by atoms with Gasteiger partial charge in [-0.2, -0.15) is 0 Å². The van der Waals surface area contributed by atoms with Crippen LogP contribution in [0.15, 0.2) is 0 Å². The fourth-order valence-electron chi connectivity index (χ4n) is 1.47. The Morgan fingerprint density at radius 1 is 1.82 bits per heavy atom. The quantitative estimate of drug-likeness (QED) is 0.689. The minimum Gasteiger partial charge on any atom is -0.481 e. The van der Waals surface area contributed by atoms with Gasteiger partial charge in [0.05, 0.1) is 5.41 Å². The Morgan fingerprint density at radius 2 is 2.36 bits per heavy atom. The lowest BCUT2D eigenvalue weighted by Gasteiger charge is -2.07. The molecule has 0 bridgehead atoms. The summed E-state index contributed by atoms with van der Waals surface area (Å²) >= 11 is 0. The molecular formula is C7H10F2O2. The molecular weight excluding hydrogens is 154 g/mol. The predicted molar refractivity (Wildman–Crippen MR) is 34.5 cm³/mol. The molecule has 64 valence electrons. The third kappa shape index (κ3) is 1.10. The van der Waals surface area contributed by atoms with Crippen molar-refractivity contribution in [3.63, 3.8) is 0 Å². The number of carboxylic acid groups (broad SMARTS) is 1. The highest BCUT2D eigenvalue weighted by Crippen LogP contribution is 2.58. The molecule has 0 amide bonds. The average Bonchev–Trinajstić information content (AvgIpc) is 2.62. The zero-order chi connectivity index (χ0) is 8.65. The molecule has 0 spiro atoms. The average molecular weight is 164 g/mol. The SMILES string of the molecule is CC[C@@]1(C(=O)O)C[C@H]1C(F)F. The van der Waals surface area contributed by atoms with E-state index in [0.717, 1.165) is 0 Å². The van der Waals surface area contributed by atoms with Crippen LogP contribution >= 0.6 is 0 Å². The van der Waals surface area contributed by atoms with Crippen LogP contribution in [0.2, 0.25) is 0 Å². The van der Waals surface area contributed by atoms with Gasteiger partial charge < -0.3 is 5.11 Å². The van der Waals surface area contributed by atoms with E-state index in [1.165, 1.54) is 0 Å². The van der Waals surface area contributed by atoms with E-state index < -0.39 is 23.7 Å². The number of hydrogen-bond donors (Lipinski definition) is 1. The van der Waals surface area contributed by atoms with E-state index in [1.54, 1.807) is 6.92 Å². The van der Waals surface area contributed by atoms with Gasteiger partial charge in [-0.1, -0.05) is 6.92 Å². The minimum atomic E-state index is -2.48. The standard InChI is InChI=1S/C7H10F2O2/c1-2-7(6(10)11)3-4(7)5(8)9/h4-5H,2-3H2,1H3,(H,10,11)/t4-,7+/m0/s1. The normalized spacial score (nSPS) is 35.8. The molecule has 2 atom stereocenters. The number of rotatable bonds is 3. The van der Waals surface area contributed by atoms with E-state index in [9.17, 15) is 13.6 Å². The molecule has 0 saturated heterocycles. The van der Waals surface area contributed by atoms with Crippen molar-refractivity contribution in [2.75, 3.05) is 0 Å². The molecule has 1 N–H and O–H groups in total. The van der Waals surface area contributed by atoms with Crippen molar-refractivity contribution in [2.45, 2.75) is 26.2 Å². The number of carboxylic acids is 1. The minimum absolute atomic E-state index is 0.135. The first kappa shape index (κ1) is 8.43. The maximum Gasteiger partial charge on any atom is 0.310 e. The van der Waals surface area contributed by atoms with Crippen LogP contribution in [0.5, 0.6) is 0 Å². The van der Waals surface area contributed by atoms with Gasteiger partial charge in [0, 0.05) is 5.92 Å². The number of halogens is 2. The summed E-state index contributed by atoms with van der Waals surface area (Å²) in [6.45, 7) is 1.64. The van der Waals surface area contributed by atoms with Crippen LogP contribution in [0.3, 0.4) is 0 Å². The Labute approximate surface area is 63.2 Å². The van der Waals surface area contributed by atoms with E-state index in [1.807, 2.05) is 0 Å². The van der Waals surface area contributed by atoms with Crippen molar-refractivity contribution in [1.29, 1.82) is 0 Å². The molecule has 0 aliphatic heterocycles. The van der Waals surface area contributed by atoms with Crippen LogP contribution in [0.4, 0.5) is 8.78 Å². The smallest absolute Gasteiger partial charge is 0.310 e. The van der Waals surface area contributed by atoms with Gasteiger partial charge in [0.1, 0.15) is 0 Å². The Hall–Kier alpha value is -0.670. The Bertz CT molecular complexity index is 181. The lowest BCUT2D eigenvalue weighted by Crippen LogP contribution is -2.18. The van der Waals surface area contributed by atoms with Crippen molar-refractivity contribution in [3.05, 3.63) is 0 Å². The molecule has 1 aliphatic carbocycles. The summed E-state index contributed by atoms with van der Waals surface area (Å²) in [6, 6.07) is 0. The van der Waals surface area contributed by atoms with Crippen LogP contribution < -0.4 is 0 Å². The second kappa shape index (κ2) is 2.43. The summed E-state index contributed by atoms with van der Waals surface area (Å²) in [6.07, 6.45) is -2.04. The summed E-state index contributed by atoms with van der Waals surface area (Å²) in [5, 5.41) is 8.59. The van der Waals surface area contributed by atoms with Gasteiger partial charge in [-0.05, 0) is 12.8 Å². The van der Waals surface area contributed by atoms with Crippen molar-refractivity contribution >= 4 is 5.97 Å². The van der Waals surface area contributed by atoms with E-state index in [2.05, 4.69) is 0 Å². The summed E-state index contributed by atoms with van der Waals surface area (Å²) in [4.78, 5) is 10.5. The van der Waals surface area contributed by atoms with Crippen LogP contribution in [0.1, 0.15) is 19.8 Å². The zero-order valence-corrected chi connectivity index (χ0v) is 6.18. The van der Waals surface area contributed by atoms with E-state index in [-0.39, 0.29) is 6.42 Å². The molecule has 0 aromatic carbocycles. The topological polar surface area (TPSA) is 37.3 Å². The summed E-state index contributed by atoms with van der Waals surface area (Å²) in [5.74, 6) is -1.99. The molecule has 0 unspecified atom stereocenters. The van der Waals surface area contributed by atoms with Crippen molar-refractivity contribution in [1.82, 2.24) is 0 Å². The highest BCUT2D eigenvalue weighted by Gasteiger charge is 2.63. The molecule has 0 radical (unpaired) electrons. The molecule has 1 aliphatic rings. The maximum absolute atomic E-state index is 12.0. The third-order valence-corrected chi connectivity index (χ3v) is 2.49. The van der Waals surface area contributed by atoms with Crippen molar-refractivity contribution < 1.29 is 18.7 Å². The van der Waals surface area contributed by atoms with Crippen molar-refractivity contribution in [2.24, 2.45) is 11.3 Å². The number of hydrogen-bond acceptors (Lipinski definition) is 1. The molecule has 1 rings (SSSR count). The predicted octanol–water partition coefficient (Wildman–Crippen LogP) is 1.75. The first-order chi connectivity index (χ1) is 5.04.